The zero-order valence-corrected chi connectivity index (χ0v) is 11.9. The van der Waals surface area contributed by atoms with Crippen molar-refractivity contribution in [3.8, 4) is 5.75 Å². The minimum atomic E-state index is -3.66. The van der Waals surface area contributed by atoms with Crippen LogP contribution in [0.3, 0.4) is 0 Å². The number of nitrogens with two attached hydrogens (primary N) is 2. The number of primary amides is 1. The molecule has 110 valence electrons. The highest BCUT2D eigenvalue weighted by Gasteiger charge is 2.35. The molecular formula is C12H17N3O4S. The van der Waals surface area contributed by atoms with Crippen molar-refractivity contribution in [1.82, 2.24) is 4.31 Å². The van der Waals surface area contributed by atoms with E-state index in [0.717, 1.165) is 0 Å². The van der Waals surface area contributed by atoms with E-state index in [0.29, 0.717) is 17.9 Å². The maximum atomic E-state index is 12.5. The van der Waals surface area contributed by atoms with E-state index in [9.17, 15) is 13.2 Å². The summed E-state index contributed by atoms with van der Waals surface area (Å²) in [6.45, 7) is 0.396. The summed E-state index contributed by atoms with van der Waals surface area (Å²) >= 11 is 0. The van der Waals surface area contributed by atoms with Gasteiger partial charge in [0, 0.05) is 19.2 Å². The van der Waals surface area contributed by atoms with E-state index >= 15 is 0 Å². The Morgan fingerprint density at radius 2 is 2.15 bits per heavy atom. The van der Waals surface area contributed by atoms with Gasteiger partial charge in [-0.15, -0.1) is 0 Å². The topological polar surface area (TPSA) is 116 Å². The van der Waals surface area contributed by atoms with Crippen molar-refractivity contribution in [1.29, 1.82) is 0 Å². The number of nitrogen functional groups attached to an aromatic ring is 1. The average molecular weight is 299 g/mol. The largest absolute Gasteiger partial charge is 0.495 e. The van der Waals surface area contributed by atoms with Crippen LogP contribution < -0.4 is 16.2 Å². The lowest BCUT2D eigenvalue weighted by molar-refractivity contribution is -0.121. The number of hydrogen-bond acceptors (Lipinski definition) is 5. The second-order valence-electron chi connectivity index (χ2n) is 4.65. The number of amides is 1. The van der Waals surface area contributed by atoms with Gasteiger partial charge in [-0.3, -0.25) is 4.79 Å². The van der Waals surface area contributed by atoms with Gasteiger partial charge in [0.05, 0.1) is 23.6 Å². The molecule has 0 saturated carbocycles. The van der Waals surface area contributed by atoms with Crippen LogP contribution in [0.15, 0.2) is 23.1 Å². The van der Waals surface area contributed by atoms with Gasteiger partial charge in [-0.2, -0.15) is 4.31 Å². The molecule has 2 rings (SSSR count). The van der Waals surface area contributed by atoms with Crippen LogP contribution in [0.4, 0.5) is 5.69 Å². The number of rotatable bonds is 4. The summed E-state index contributed by atoms with van der Waals surface area (Å²) in [6.07, 6.45) is 0.445. The Balaban J connectivity index is 2.30. The highest BCUT2D eigenvalue weighted by molar-refractivity contribution is 7.89. The maximum Gasteiger partial charge on any atom is 0.243 e. The molecule has 8 heteroatoms. The SMILES string of the molecule is COc1cc(S(=O)(=O)N2CCC(C(N)=O)C2)ccc1N. The monoisotopic (exact) mass is 299 g/mol. The summed E-state index contributed by atoms with van der Waals surface area (Å²) in [5.74, 6) is -0.602. The van der Waals surface area contributed by atoms with Gasteiger partial charge in [-0.05, 0) is 18.6 Å². The van der Waals surface area contributed by atoms with Crippen LogP contribution in [0.2, 0.25) is 0 Å². The molecule has 20 heavy (non-hydrogen) atoms. The molecule has 0 radical (unpaired) electrons. The first kappa shape index (κ1) is 14.6. The highest BCUT2D eigenvalue weighted by atomic mass is 32.2. The summed E-state index contributed by atoms with van der Waals surface area (Å²) < 4.78 is 31.2. The van der Waals surface area contributed by atoms with E-state index in [1.165, 1.54) is 29.6 Å². The normalized spacial score (nSPS) is 19.9. The minimum Gasteiger partial charge on any atom is -0.495 e. The third-order valence-electron chi connectivity index (χ3n) is 3.40. The maximum absolute atomic E-state index is 12.5. The van der Waals surface area contributed by atoms with Crippen LogP contribution in [0.5, 0.6) is 5.75 Å². The van der Waals surface area contributed by atoms with Crippen LogP contribution >= 0.6 is 0 Å². The number of anilines is 1. The highest BCUT2D eigenvalue weighted by Crippen LogP contribution is 2.29. The molecule has 0 bridgehead atoms. The van der Waals surface area contributed by atoms with E-state index in [2.05, 4.69) is 0 Å². The fourth-order valence-electron chi connectivity index (χ4n) is 2.18. The molecule has 1 aromatic rings. The van der Waals surface area contributed by atoms with Crippen LogP contribution in [-0.2, 0) is 14.8 Å². The molecule has 7 nitrogen and oxygen atoms in total. The number of carbonyl (C=O) groups excluding carboxylic acids is 1. The summed E-state index contributed by atoms with van der Waals surface area (Å²) in [5.41, 5.74) is 11.2. The van der Waals surface area contributed by atoms with Crippen molar-refractivity contribution in [2.75, 3.05) is 25.9 Å². The first-order valence-electron chi connectivity index (χ1n) is 6.09. The quantitative estimate of drug-likeness (QED) is 0.745. The molecule has 0 aliphatic carbocycles. The van der Waals surface area contributed by atoms with Gasteiger partial charge < -0.3 is 16.2 Å². The van der Waals surface area contributed by atoms with Crippen LogP contribution in [0.1, 0.15) is 6.42 Å². The number of hydrogen-bond donors (Lipinski definition) is 2. The standard InChI is InChI=1S/C12H17N3O4S/c1-19-11-6-9(2-3-10(11)13)20(17,18)15-5-4-8(7-15)12(14)16/h2-3,6,8H,4-5,7,13H2,1H3,(H2,14,16). The summed E-state index contributed by atoms with van der Waals surface area (Å²) in [6, 6.07) is 4.28. The van der Waals surface area contributed by atoms with E-state index in [1.807, 2.05) is 0 Å². The smallest absolute Gasteiger partial charge is 0.243 e. The Morgan fingerprint density at radius 3 is 2.70 bits per heavy atom. The first-order chi connectivity index (χ1) is 9.36. The number of sulfonamides is 1. The molecule has 0 spiro atoms. The van der Waals surface area contributed by atoms with Crippen molar-refractivity contribution in [2.24, 2.45) is 11.7 Å². The fraction of sp³-hybridized carbons (Fsp3) is 0.417. The predicted molar refractivity (Wildman–Crippen MR) is 73.5 cm³/mol. The lowest BCUT2D eigenvalue weighted by Gasteiger charge is -2.17. The Kier molecular flexibility index (Phi) is 3.87. The second-order valence-corrected chi connectivity index (χ2v) is 6.59. The minimum absolute atomic E-state index is 0.0914. The van der Waals surface area contributed by atoms with E-state index in [4.69, 9.17) is 16.2 Å². The molecule has 1 atom stereocenters. The number of carbonyl (C=O) groups is 1. The van der Waals surface area contributed by atoms with Gasteiger partial charge in [0.2, 0.25) is 15.9 Å². The Morgan fingerprint density at radius 1 is 1.45 bits per heavy atom. The molecule has 1 amide bonds. The van der Waals surface area contributed by atoms with E-state index in [1.54, 1.807) is 0 Å². The Labute approximate surface area is 117 Å². The molecule has 1 unspecified atom stereocenters. The van der Waals surface area contributed by atoms with Gasteiger partial charge in [-0.25, -0.2) is 8.42 Å². The van der Waals surface area contributed by atoms with E-state index < -0.39 is 21.8 Å². The zero-order valence-electron chi connectivity index (χ0n) is 11.1. The number of ether oxygens (including phenoxy) is 1. The number of methoxy groups -OCH3 is 1. The van der Waals surface area contributed by atoms with Gasteiger partial charge >= 0.3 is 0 Å². The van der Waals surface area contributed by atoms with Gasteiger partial charge in [0.1, 0.15) is 5.75 Å². The summed E-state index contributed by atoms with van der Waals surface area (Å²) in [4.78, 5) is 11.2. The molecule has 4 N–H and O–H groups in total. The molecule has 1 aliphatic heterocycles. The first-order valence-corrected chi connectivity index (χ1v) is 7.53. The van der Waals surface area contributed by atoms with Crippen LogP contribution in [0.25, 0.3) is 0 Å². The molecule has 0 aromatic heterocycles. The van der Waals surface area contributed by atoms with Gasteiger partial charge in [-0.1, -0.05) is 0 Å². The summed E-state index contributed by atoms with van der Waals surface area (Å²) in [7, 11) is -2.25. The van der Waals surface area contributed by atoms with Crippen molar-refractivity contribution >= 4 is 21.6 Å². The van der Waals surface area contributed by atoms with Crippen molar-refractivity contribution in [3.63, 3.8) is 0 Å². The molecule has 1 saturated heterocycles. The Hall–Kier alpha value is -1.80. The van der Waals surface area contributed by atoms with Crippen molar-refractivity contribution in [3.05, 3.63) is 18.2 Å². The van der Waals surface area contributed by atoms with Crippen LogP contribution in [-0.4, -0.2) is 38.8 Å². The van der Waals surface area contributed by atoms with Gasteiger partial charge in [0.25, 0.3) is 0 Å². The average Bonchev–Trinajstić information content (AvgIpc) is 2.89. The Bertz CT molecular complexity index is 630. The van der Waals surface area contributed by atoms with Crippen molar-refractivity contribution < 1.29 is 17.9 Å². The third kappa shape index (κ3) is 2.56. The lowest BCUT2D eigenvalue weighted by atomic mass is 10.1. The molecule has 1 heterocycles. The molecule has 1 aromatic carbocycles. The third-order valence-corrected chi connectivity index (χ3v) is 5.26. The van der Waals surface area contributed by atoms with Gasteiger partial charge in [0.15, 0.2) is 0 Å². The molecule has 1 aliphatic rings. The lowest BCUT2D eigenvalue weighted by Crippen LogP contribution is -2.31. The fourth-order valence-corrected chi connectivity index (χ4v) is 3.70. The second kappa shape index (κ2) is 5.29. The van der Waals surface area contributed by atoms with E-state index in [-0.39, 0.29) is 18.0 Å². The number of benzene rings is 1. The summed E-state index contributed by atoms with van der Waals surface area (Å²) in [5, 5.41) is 0. The zero-order chi connectivity index (χ0) is 14.9. The number of nitrogens with zero attached hydrogens (tertiary/aromatic N) is 1. The predicted octanol–water partition coefficient (Wildman–Crippen LogP) is -0.227. The molecule has 1 fully saturated rings. The van der Waals surface area contributed by atoms with Crippen LogP contribution in [0, 0.1) is 5.92 Å². The molecular weight excluding hydrogens is 282 g/mol. The van der Waals surface area contributed by atoms with Crippen molar-refractivity contribution in [2.45, 2.75) is 11.3 Å².